The molecule has 6 heteroatoms. The minimum Gasteiger partial charge on any atom is -0.497 e. The number of benzene rings is 1. The molecule has 0 aliphatic carbocycles. The Morgan fingerprint density at radius 1 is 1.32 bits per heavy atom. The Hall–Kier alpha value is -2.08. The van der Waals surface area contributed by atoms with Gasteiger partial charge < -0.3 is 4.74 Å². The summed E-state index contributed by atoms with van der Waals surface area (Å²) in [6, 6.07) is 10.6. The number of nitrogens with zero attached hydrogens (tertiary/aromatic N) is 2. The molecule has 5 nitrogen and oxygen atoms in total. The number of aromatic nitrogens is 1. The van der Waals surface area contributed by atoms with Gasteiger partial charge in [-0.3, -0.25) is 10.1 Å². The van der Waals surface area contributed by atoms with Crippen molar-refractivity contribution in [3.05, 3.63) is 58.3 Å². The van der Waals surface area contributed by atoms with Crippen molar-refractivity contribution in [2.24, 2.45) is 0 Å². The summed E-state index contributed by atoms with van der Waals surface area (Å²) in [7, 11) is 1.61. The number of nitro groups is 1. The Kier molecular flexibility index (Phi) is 4.35. The van der Waals surface area contributed by atoms with Crippen molar-refractivity contribution in [1.29, 1.82) is 0 Å². The predicted octanol–water partition coefficient (Wildman–Crippen LogP) is 3.29. The standard InChI is InChI=1S/C13H12N2O3S/c1-18-11-6-4-10(5-7-11)9-19-13-12(15(16)17)3-2-8-14-13/h2-8H,9H2,1H3. The van der Waals surface area contributed by atoms with E-state index in [9.17, 15) is 10.1 Å². The van der Waals surface area contributed by atoms with Crippen LogP contribution in [0, 0.1) is 10.1 Å². The average Bonchev–Trinajstić information content (AvgIpc) is 2.46. The smallest absolute Gasteiger partial charge is 0.301 e. The first-order chi connectivity index (χ1) is 9.20. The number of ether oxygens (including phenoxy) is 1. The van der Waals surface area contributed by atoms with Crippen molar-refractivity contribution in [1.82, 2.24) is 4.98 Å². The van der Waals surface area contributed by atoms with E-state index in [1.54, 1.807) is 19.4 Å². The van der Waals surface area contributed by atoms with Crippen molar-refractivity contribution < 1.29 is 9.66 Å². The molecule has 19 heavy (non-hydrogen) atoms. The third-order valence-corrected chi connectivity index (χ3v) is 3.55. The lowest BCUT2D eigenvalue weighted by Gasteiger charge is -2.03. The zero-order valence-corrected chi connectivity index (χ0v) is 11.1. The number of rotatable bonds is 5. The molecular formula is C13H12N2O3S. The molecule has 0 N–H and O–H groups in total. The molecule has 1 aromatic heterocycles. The Morgan fingerprint density at radius 2 is 2.05 bits per heavy atom. The van der Waals surface area contributed by atoms with Crippen molar-refractivity contribution >= 4 is 17.4 Å². The maximum Gasteiger partial charge on any atom is 0.301 e. The van der Waals surface area contributed by atoms with Crippen LogP contribution in [-0.2, 0) is 5.75 Å². The second-order valence-corrected chi connectivity index (χ2v) is 4.69. The molecule has 1 aromatic carbocycles. The lowest BCUT2D eigenvalue weighted by Crippen LogP contribution is -1.93. The van der Waals surface area contributed by atoms with Gasteiger partial charge in [0.15, 0.2) is 5.03 Å². The molecule has 0 atom stereocenters. The van der Waals surface area contributed by atoms with Gasteiger partial charge in [-0.15, -0.1) is 0 Å². The van der Waals surface area contributed by atoms with E-state index in [4.69, 9.17) is 4.74 Å². The molecule has 0 amide bonds. The van der Waals surface area contributed by atoms with E-state index in [0.29, 0.717) is 10.8 Å². The third kappa shape index (κ3) is 3.45. The van der Waals surface area contributed by atoms with Crippen molar-refractivity contribution in [2.75, 3.05) is 7.11 Å². The van der Waals surface area contributed by atoms with Gasteiger partial charge in [-0.05, 0) is 23.8 Å². The van der Waals surface area contributed by atoms with Gasteiger partial charge in [0.05, 0.1) is 12.0 Å². The van der Waals surface area contributed by atoms with E-state index in [2.05, 4.69) is 4.98 Å². The Morgan fingerprint density at radius 3 is 2.68 bits per heavy atom. The topological polar surface area (TPSA) is 65.3 Å². The molecule has 0 aliphatic heterocycles. The lowest BCUT2D eigenvalue weighted by molar-refractivity contribution is -0.388. The fourth-order valence-corrected chi connectivity index (χ4v) is 2.43. The maximum atomic E-state index is 10.9. The summed E-state index contributed by atoms with van der Waals surface area (Å²) >= 11 is 1.35. The summed E-state index contributed by atoms with van der Waals surface area (Å²) in [6.45, 7) is 0. The number of thioether (sulfide) groups is 1. The predicted molar refractivity (Wildman–Crippen MR) is 73.4 cm³/mol. The van der Waals surface area contributed by atoms with Gasteiger partial charge in [-0.2, -0.15) is 0 Å². The van der Waals surface area contributed by atoms with Crippen LogP contribution in [0.25, 0.3) is 0 Å². The van der Waals surface area contributed by atoms with Crippen molar-refractivity contribution in [3.63, 3.8) is 0 Å². The van der Waals surface area contributed by atoms with Crippen LogP contribution in [0.3, 0.4) is 0 Å². The molecule has 0 radical (unpaired) electrons. The SMILES string of the molecule is COc1ccc(CSc2ncccc2[N+](=O)[O-])cc1. The van der Waals surface area contributed by atoms with Crippen LogP contribution in [0.4, 0.5) is 5.69 Å². The Balaban J connectivity index is 2.07. The Labute approximate surface area is 114 Å². The van der Waals surface area contributed by atoms with E-state index in [1.165, 1.54) is 17.8 Å². The van der Waals surface area contributed by atoms with Crippen molar-refractivity contribution in [2.45, 2.75) is 10.8 Å². The van der Waals surface area contributed by atoms with Crippen molar-refractivity contribution in [3.8, 4) is 5.75 Å². The molecule has 2 aromatic rings. The summed E-state index contributed by atoms with van der Waals surface area (Å²) in [5.74, 6) is 1.42. The van der Waals surface area contributed by atoms with Crippen LogP contribution in [0.5, 0.6) is 5.75 Å². The largest absolute Gasteiger partial charge is 0.497 e. The van der Waals surface area contributed by atoms with Crippen LogP contribution in [-0.4, -0.2) is 17.0 Å². The zero-order chi connectivity index (χ0) is 13.7. The molecule has 0 bridgehead atoms. The highest BCUT2D eigenvalue weighted by molar-refractivity contribution is 7.98. The first kappa shape index (κ1) is 13.4. The first-order valence-corrected chi connectivity index (χ1v) is 6.54. The Bertz CT molecular complexity index is 572. The summed E-state index contributed by atoms with van der Waals surface area (Å²) in [6.07, 6.45) is 1.56. The van der Waals surface area contributed by atoms with E-state index in [0.717, 1.165) is 11.3 Å². The molecule has 0 aliphatic rings. The fourth-order valence-electron chi connectivity index (χ4n) is 1.51. The van der Waals surface area contributed by atoms with E-state index in [-0.39, 0.29) is 5.69 Å². The minimum absolute atomic E-state index is 0.0426. The minimum atomic E-state index is -0.413. The summed E-state index contributed by atoms with van der Waals surface area (Å²) in [4.78, 5) is 14.5. The molecule has 0 saturated carbocycles. The summed E-state index contributed by atoms with van der Waals surface area (Å²) < 4.78 is 5.07. The van der Waals surface area contributed by atoms with E-state index < -0.39 is 4.92 Å². The van der Waals surface area contributed by atoms with Crippen LogP contribution in [0.2, 0.25) is 0 Å². The molecule has 1 heterocycles. The lowest BCUT2D eigenvalue weighted by atomic mass is 10.2. The van der Waals surface area contributed by atoms with Gasteiger partial charge in [-0.1, -0.05) is 23.9 Å². The molecule has 0 fully saturated rings. The number of hydrogen-bond acceptors (Lipinski definition) is 5. The number of pyridine rings is 1. The monoisotopic (exact) mass is 276 g/mol. The molecule has 98 valence electrons. The number of methoxy groups -OCH3 is 1. The molecule has 0 saturated heterocycles. The fraction of sp³-hybridized carbons (Fsp3) is 0.154. The highest BCUT2D eigenvalue weighted by Gasteiger charge is 2.14. The highest BCUT2D eigenvalue weighted by Crippen LogP contribution is 2.29. The van der Waals surface area contributed by atoms with Crippen LogP contribution in [0.1, 0.15) is 5.56 Å². The van der Waals surface area contributed by atoms with E-state index in [1.807, 2.05) is 24.3 Å². The van der Waals surface area contributed by atoms with Crippen LogP contribution >= 0.6 is 11.8 Å². The van der Waals surface area contributed by atoms with E-state index >= 15 is 0 Å². The molecule has 2 rings (SSSR count). The van der Waals surface area contributed by atoms with Crippen LogP contribution < -0.4 is 4.74 Å². The molecule has 0 spiro atoms. The highest BCUT2D eigenvalue weighted by atomic mass is 32.2. The quantitative estimate of drug-likeness (QED) is 0.476. The average molecular weight is 276 g/mol. The summed E-state index contributed by atoms with van der Waals surface area (Å²) in [5.41, 5.74) is 1.10. The van der Waals surface area contributed by atoms with Gasteiger partial charge >= 0.3 is 5.69 Å². The third-order valence-electron chi connectivity index (χ3n) is 2.48. The first-order valence-electron chi connectivity index (χ1n) is 5.56. The maximum absolute atomic E-state index is 10.9. The second kappa shape index (κ2) is 6.19. The molecule has 0 unspecified atom stereocenters. The molecular weight excluding hydrogens is 264 g/mol. The van der Waals surface area contributed by atoms with Gasteiger partial charge in [0.25, 0.3) is 0 Å². The van der Waals surface area contributed by atoms with Gasteiger partial charge in [-0.25, -0.2) is 4.98 Å². The zero-order valence-electron chi connectivity index (χ0n) is 10.3. The second-order valence-electron chi connectivity index (χ2n) is 3.72. The van der Waals surface area contributed by atoms with Gasteiger partial charge in [0, 0.05) is 18.0 Å². The summed E-state index contributed by atoms with van der Waals surface area (Å²) in [5, 5.41) is 11.3. The van der Waals surface area contributed by atoms with Crippen LogP contribution in [0.15, 0.2) is 47.6 Å². The number of hydrogen-bond donors (Lipinski definition) is 0. The van der Waals surface area contributed by atoms with Gasteiger partial charge in [0.2, 0.25) is 0 Å². The normalized spacial score (nSPS) is 10.2. The van der Waals surface area contributed by atoms with Gasteiger partial charge in [0.1, 0.15) is 5.75 Å².